The lowest BCUT2D eigenvalue weighted by molar-refractivity contribution is 0.223. The fourth-order valence-electron chi connectivity index (χ4n) is 4.04. The highest BCUT2D eigenvalue weighted by Gasteiger charge is 2.27. The van der Waals surface area contributed by atoms with Gasteiger partial charge in [-0.05, 0) is 56.6 Å². The molecule has 0 spiro atoms. The summed E-state index contributed by atoms with van der Waals surface area (Å²) in [4.78, 5) is 13.0. The van der Waals surface area contributed by atoms with E-state index in [1.165, 1.54) is 12.5 Å². The number of hydrogen-bond acceptors (Lipinski definition) is 2. The van der Waals surface area contributed by atoms with Crippen LogP contribution < -0.4 is 5.32 Å². The molecule has 6 heteroatoms. The van der Waals surface area contributed by atoms with Gasteiger partial charge in [0.2, 0.25) is 0 Å². The largest absolute Gasteiger partial charge is 0.361 e. The second kappa shape index (κ2) is 9.22. The molecule has 2 N–H and O–H groups in total. The van der Waals surface area contributed by atoms with Gasteiger partial charge in [0.05, 0.1) is 0 Å². The van der Waals surface area contributed by atoms with Gasteiger partial charge in [0.25, 0.3) is 0 Å². The molecule has 0 saturated carbocycles. The minimum Gasteiger partial charge on any atom is -0.361 e. The molecule has 2 aromatic rings. The Kier molecular flexibility index (Phi) is 6.72. The molecule has 1 saturated heterocycles. The maximum atomic E-state index is 13.5. The van der Waals surface area contributed by atoms with Crippen LogP contribution in [0.3, 0.4) is 0 Å². The number of halogens is 1. The van der Waals surface area contributed by atoms with Crippen molar-refractivity contribution < 1.29 is 4.39 Å². The maximum Gasteiger partial charge on any atom is 0.193 e. The first kappa shape index (κ1) is 19.7. The van der Waals surface area contributed by atoms with Gasteiger partial charge in [-0.15, -0.1) is 0 Å². The van der Waals surface area contributed by atoms with Crippen LogP contribution >= 0.6 is 0 Å². The molecule has 27 heavy (non-hydrogen) atoms. The molecule has 0 bridgehead atoms. The summed E-state index contributed by atoms with van der Waals surface area (Å²) in [6.45, 7) is 12.4. The smallest absolute Gasteiger partial charge is 0.193 e. The highest BCUT2D eigenvalue weighted by molar-refractivity contribution is 5.83. The number of nitrogens with one attached hydrogen (secondary N) is 2. The number of aromatic nitrogens is 1. The van der Waals surface area contributed by atoms with E-state index in [4.69, 9.17) is 4.99 Å². The summed E-state index contributed by atoms with van der Waals surface area (Å²) < 4.78 is 13.5. The Bertz CT molecular complexity index is 765. The van der Waals surface area contributed by atoms with E-state index in [1.807, 2.05) is 6.20 Å². The Hall–Kier alpha value is -2.08. The zero-order valence-electron chi connectivity index (χ0n) is 16.8. The Morgan fingerprint density at radius 2 is 2.15 bits per heavy atom. The lowest BCUT2D eigenvalue weighted by Gasteiger charge is -2.27. The summed E-state index contributed by atoms with van der Waals surface area (Å²) in [5.74, 6) is 0.804. The third-order valence-electron chi connectivity index (χ3n) is 5.50. The van der Waals surface area contributed by atoms with Crippen molar-refractivity contribution >= 4 is 16.9 Å². The van der Waals surface area contributed by atoms with Gasteiger partial charge in [-0.1, -0.05) is 13.8 Å². The van der Waals surface area contributed by atoms with E-state index in [-0.39, 0.29) is 5.82 Å². The minimum absolute atomic E-state index is 0.195. The van der Waals surface area contributed by atoms with Crippen LogP contribution in [0, 0.1) is 5.82 Å². The molecule has 1 atom stereocenters. The van der Waals surface area contributed by atoms with Crippen LogP contribution in [-0.4, -0.2) is 66.1 Å². The summed E-state index contributed by atoms with van der Waals surface area (Å²) in [7, 11) is 0. The monoisotopic (exact) mass is 373 g/mol. The SMILES string of the molecule is CCNC(=NCCc1c[nH]c2ccc(F)cc12)N1CCC(N(CC)CC)C1. The molecular weight excluding hydrogens is 341 g/mol. The molecule has 148 valence electrons. The van der Waals surface area contributed by atoms with Crippen molar-refractivity contribution in [3.05, 3.63) is 35.8 Å². The van der Waals surface area contributed by atoms with Gasteiger partial charge in [-0.25, -0.2) is 4.39 Å². The zero-order valence-corrected chi connectivity index (χ0v) is 16.8. The van der Waals surface area contributed by atoms with Gasteiger partial charge in [0.1, 0.15) is 5.82 Å². The number of benzene rings is 1. The van der Waals surface area contributed by atoms with E-state index in [2.05, 4.69) is 40.9 Å². The predicted octanol–water partition coefficient (Wildman–Crippen LogP) is 3.23. The third kappa shape index (κ3) is 4.61. The van der Waals surface area contributed by atoms with Crippen LogP contribution in [0.15, 0.2) is 29.4 Å². The van der Waals surface area contributed by atoms with Crippen LogP contribution in [0.4, 0.5) is 4.39 Å². The van der Waals surface area contributed by atoms with E-state index in [1.54, 1.807) is 12.1 Å². The molecule has 1 aromatic carbocycles. The molecule has 2 heterocycles. The van der Waals surface area contributed by atoms with Gasteiger partial charge in [0, 0.05) is 49.3 Å². The Morgan fingerprint density at radius 1 is 1.33 bits per heavy atom. The van der Waals surface area contributed by atoms with E-state index in [0.717, 1.165) is 61.6 Å². The van der Waals surface area contributed by atoms with Gasteiger partial charge in [-0.2, -0.15) is 0 Å². The molecule has 0 aliphatic carbocycles. The maximum absolute atomic E-state index is 13.5. The summed E-state index contributed by atoms with van der Waals surface area (Å²) in [5.41, 5.74) is 2.09. The fourth-order valence-corrected chi connectivity index (χ4v) is 4.04. The summed E-state index contributed by atoms with van der Waals surface area (Å²) in [6.07, 6.45) is 3.96. The number of aromatic amines is 1. The predicted molar refractivity (Wildman–Crippen MR) is 111 cm³/mol. The summed E-state index contributed by atoms with van der Waals surface area (Å²) in [5, 5.41) is 4.39. The van der Waals surface area contributed by atoms with Crippen molar-refractivity contribution in [1.82, 2.24) is 20.1 Å². The minimum atomic E-state index is -0.195. The molecule has 1 aliphatic heterocycles. The van der Waals surface area contributed by atoms with Crippen LogP contribution in [0.2, 0.25) is 0 Å². The lowest BCUT2D eigenvalue weighted by atomic mass is 10.1. The van der Waals surface area contributed by atoms with Crippen molar-refractivity contribution in [2.45, 2.75) is 39.7 Å². The van der Waals surface area contributed by atoms with Crippen molar-refractivity contribution in [3.63, 3.8) is 0 Å². The molecule has 0 amide bonds. The van der Waals surface area contributed by atoms with Gasteiger partial charge >= 0.3 is 0 Å². The number of guanidine groups is 1. The first-order chi connectivity index (χ1) is 13.2. The first-order valence-electron chi connectivity index (χ1n) is 10.2. The average Bonchev–Trinajstić information content (AvgIpc) is 3.30. The van der Waals surface area contributed by atoms with Crippen molar-refractivity contribution in [2.24, 2.45) is 4.99 Å². The zero-order chi connectivity index (χ0) is 19.2. The van der Waals surface area contributed by atoms with Gasteiger partial charge < -0.3 is 15.2 Å². The number of aliphatic imine (C=N–C) groups is 1. The first-order valence-corrected chi connectivity index (χ1v) is 10.2. The number of hydrogen-bond donors (Lipinski definition) is 2. The topological polar surface area (TPSA) is 46.7 Å². The standard InChI is InChI=1S/C21H32FN5/c1-4-23-21(27-12-10-18(15-27)26(5-2)6-3)24-11-9-16-14-25-20-8-7-17(22)13-19(16)20/h7-8,13-14,18,25H,4-6,9-12,15H2,1-3H3,(H,23,24). The number of likely N-dealkylation sites (N-methyl/N-ethyl adjacent to an activating group) is 1. The summed E-state index contributed by atoms with van der Waals surface area (Å²) in [6, 6.07) is 5.49. The van der Waals surface area contributed by atoms with E-state index < -0.39 is 0 Å². The number of nitrogens with zero attached hydrogens (tertiary/aromatic N) is 3. The summed E-state index contributed by atoms with van der Waals surface area (Å²) >= 11 is 0. The van der Waals surface area contributed by atoms with Crippen LogP contribution in [-0.2, 0) is 6.42 Å². The average molecular weight is 374 g/mol. The van der Waals surface area contributed by atoms with Crippen LogP contribution in [0.1, 0.15) is 32.8 Å². The molecule has 1 fully saturated rings. The lowest BCUT2D eigenvalue weighted by Crippen LogP contribution is -2.43. The molecule has 1 unspecified atom stereocenters. The quantitative estimate of drug-likeness (QED) is 0.579. The highest BCUT2D eigenvalue weighted by Crippen LogP contribution is 2.20. The van der Waals surface area contributed by atoms with Crippen LogP contribution in [0.25, 0.3) is 10.9 Å². The van der Waals surface area contributed by atoms with E-state index in [0.29, 0.717) is 12.6 Å². The molecular formula is C21H32FN5. The molecule has 0 radical (unpaired) electrons. The fraction of sp³-hybridized carbons (Fsp3) is 0.571. The van der Waals surface area contributed by atoms with Crippen LogP contribution in [0.5, 0.6) is 0 Å². The molecule has 3 rings (SSSR count). The van der Waals surface area contributed by atoms with Gasteiger partial charge in [-0.3, -0.25) is 9.89 Å². The van der Waals surface area contributed by atoms with Gasteiger partial charge in [0.15, 0.2) is 5.96 Å². The van der Waals surface area contributed by atoms with Crippen molar-refractivity contribution in [3.8, 4) is 0 Å². The molecule has 1 aromatic heterocycles. The number of likely N-dealkylation sites (tertiary alicyclic amines) is 1. The number of fused-ring (bicyclic) bond motifs is 1. The molecule has 5 nitrogen and oxygen atoms in total. The Labute approximate surface area is 161 Å². The number of H-pyrrole nitrogens is 1. The number of rotatable bonds is 7. The third-order valence-corrected chi connectivity index (χ3v) is 5.50. The highest BCUT2D eigenvalue weighted by atomic mass is 19.1. The van der Waals surface area contributed by atoms with E-state index in [9.17, 15) is 4.39 Å². The Morgan fingerprint density at radius 3 is 2.89 bits per heavy atom. The second-order valence-electron chi connectivity index (χ2n) is 7.10. The second-order valence-corrected chi connectivity index (χ2v) is 7.10. The molecule has 1 aliphatic rings. The van der Waals surface area contributed by atoms with Crippen molar-refractivity contribution in [2.75, 3.05) is 39.3 Å². The van der Waals surface area contributed by atoms with E-state index >= 15 is 0 Å². The Balaban J connectivity index is 1.64. The van der Waals surface area contributed by atoms with Crippen molar-refractivity contribution in [1.29, 1.82) is 0 Å². The normalized spacial score (nSPS) is 18.0.